The van der Waals surface area contributed by atoms with Gasteiger partial charge in [0, 0.05) is 23.8 Å². The number of hydrogen-bond donors (Lipinski definition) is 2. The van der Waals surface area contributed by atoms with E-state index < -0.39 is 0 Å². The highest BCUT2D eigenvalue weighted by molar-refractivity contribution is 6.04. The lowest BCUT2D eigenvalue weighted by Gasteiger charge is -2.21. The van der Waals surface area contributed by atoms with Crippen molar-refractivity contribution in [2.45, 2.75) is 38.8 Å². The van der Waals surface area contributed by atoms with Crippen molar-refractivity contribution in [2.75, 3.05) is 11.9 Å². The highest BCUT2D eigenvalue weighted by Crippen LogP contribution is 2.23. The van der Waals surface area contributed by atoms with E-state index in [1.807, 2.05) is 29.9 Å². The van der Waals surface area contributed by atoms with Crippen LogP contribution in [0.1, 0.15) is 35.2 Å². The molecule has 2 N–H and O–H groups in total. The van der Waals surface area contributed by atoms with Gasteiger partial charge in [-0.05, 0) is 43.9 Å². The number of amides is 1. The van der Waals surface area contributed by atoms with Gasteiger partial charge < -0.3 is 10.1 Å². The molecule has 4 rings (SSSR count). The summed E-state index contributed by atoms with van der Waals surface area (Å²) < 4.78 is 7.60. The molecule has 1 unspecified atom stereocenters. The number of anilines is 1. The van der Waals surface area contributed by atoms with Gasteiger partial charge in [-0.1, -0.05) is 11.3 Å². The van der Waals surface area contributed by atoms with Gasteiger partial charge in [0.25, 0.3) is 5.91 Å². The molecule has 1 saturated heterocycles. The van der Waals surface area contributed by atoms with E-state index in [4.69, 9.17) is 4.74 Å². The Bertz CT molecular complexity index is 912. The molecule has 1 aliphatic rings. The minimum absolute atomic E-state index is 0.188. The molecular weight excluding hydrogens is 344 g/mol. The van der Waals surface area contributed by atoms with Crippen LogP contribution in [0.2, 0.25) is 0 Å². The predicted molar refractivity (Wildman–Crippen MR) is 100 cm³/mol. The molecular formula is C19H22N6O2. The molecule has 1 amide bonds. The zero-order valence-electron chi connectivity index (χ0n) is 15.2. The first-order valence-electron chi connectivity index (χ1n) is 9.12. The fourth-order valence-electron chi connectivity index (χ4n) is 3.28. The van der Waals surface area contributed by atoms with Gasteiger partial charge in [0.05, 0.1) is 25.0 Å². The number of benzene rings is 1. The number of aryl methyl sites for hydroxylation is 1. The molecule has 0 radical (unpaired) electrons. The molecule has 2 aromatic heterocycles. The maximum Gasteiger partial charge on any atom is 0.256 e. The molecule has 0 saturated carbocycles. The molecule has 1 atom stereocenters. The van der Waals surface area contributed by atoms with Crippen molar-refractivity contribution in [2.24, 2.45) is 0 Å². The van der Waals surface area contributed by atoms with E-state index >= 15 is 0 Å². The van der Waals surface area contributed by atoms with Gasteiger partial charge in [-0.2, -0.15) is 5.10 Å². The Morgan fingerprint density at radius 1 is 1.37 bits per heavy atom. The number of aromatic nitrogens is 5. The fraction of sp³-hybridized carbons (Fsp3) is 0.368. The molecule has 0 spiro atoms. The third kappa shape index (κ3) is 4.06. The van der Waals surface area contributed by atoms with Crippen LogP contribution in [0, 0.1) is 6.92 Å². The van der Waals surface area contributed by atoms with Gasteiger partial charge in [-0.25, -0.2) is 4.68 Å². The van der Waals surface area contributed by atoms with Crippen molar-refractivity contribution >= 4 is 11.7 Å². The van der Waals surface area contributed by atoms with Crippen LogP contribution in [0.4, 0.5) is 5.82 Å². The average molecular weight is 366 g/mol. The van der Waals surface area contributed by atoms with Crippen molar-refractivity contribution in [3.63, 3.8) is 0 Å². The molecule has 27 heavy (non-hydrogen) atoms. The first kappa shape index (κ1) is 17.4. The Kier molecular flexibility index (Phi) is 4.97. The monoisotopic (exact) mass is 366 g/mol. The lowest BCUT2D eigenvalue weighted by Crippen LogP contribution is -2.24. The highest BCUT2D eigenvalue weighted by atomic mass is 16.5. The first-order chi connectivity index (χ1) is 13.2. The summed E-state index contributed by atoms with van der Waals surface area (Å²) in [5.41, 5.74) is 3.30. The van der Waals surface area contributed by atoms with Crippen LogP contribution >= 0.6 is 0 Å². The van der Waals surface area contributed by atoms with Crippen LogP contribution in [-0.4, -0.2) is 43.8 Å². The molecule has 1 aliphatic heterocycles. The minimum Gasteiger partial charge on any atom is -0.376 e. The standard InChI is InChI=1S/C19H22N6O2/c1-13-10-14(19(26)21-18-7-8-20-23-18)5-6-16(13)17-12-25(24-22-17)11-15-4-2-3-9-27-15/h5-8,10,12,15H,2-4,9,11H2,1H3,(H2,20,21,23,26). The number of carbonyl (C=O) groups is 1. The van der Waals surface area contributed by atoms with Gasteiger partial charge >= 0.3 is 0 Å². The van der Waals surface area contributed by atoms with E-state index in [2.05, 4.69) is 25.8 Å². The Balaban J connectivity index is 1.47. The summed E-state index contributed by atoms with van der Waals surface area (Å²) >= 11 is 0. The number of H-pyrrole nitrogens is 1. The molecule has 8 heteroatoms. The van der Waals surface area contributed by atoms with Gasteiger partial charge in [-0.3, -0.25) is 9.89 Å². The SMILES string of the molecule is Cc1cc(C(=O)Nc2ccn[nH]2)ccc1-c1cn(CC2CCCCO2)nn1. The molecule has 3 aromatic rings. The van der Waals surface area contributed by atoms with Crippen LogP contribution in [0.25, 0.3) is 11.3 Å². The molecule has 1 fully saturated rings. The minimum atomic E-state index is -0.188. The van der Waals surface area contributed by atoms with Crippen molar-refractivity contribution in [3.8, 4) is 11.3 Å². The second-order valence-electron chi connectivity index (χ2n) is 6.77. The lowest BCUT2D eigenvalue weighted by molar-refractivity contribution is 0.00370. The number of hydrogen-bond acceptors (Lipinski definition) is 5. The Labute approximate surface area is 156 Å². The van der Waals surface area contributed by atoms with Gasteiger partial charge in [0.2, 0.25) is 0 Å². The Morgan fingerprint density at radius 3 is 3.04 bits per heavy atom. The van der Waals surface area contributed by atoms with Gasteiger partial charge in [0.15, 0.2) is 0 Å². The summed E-state index contributed by atoms with van der Waals surface area (Å²) in [6.07, 6.45) is 7.14. The second kappa shape index (κ2) is 7.71. The van der Waals surface area contributed by atoms with Crippen LogP contribution in [0.15, 0.2) is 36.7 Å². The second-order valence-corrected chi connectivity index (χ2v) is 6.77. The van der Waals surface area contributed by atoms with Crippen LogP contribution in [0.3, 0.4) is 0 Å². The summed E-state index contributed by atoms with van der Waals surface area (Å²) in [6.45, 7) is 3.51. The van der Waals surface area contributed by atoms with Gasteiger partial charge in [-0.15, -0.1) is 5.10 Å². The molecule has 0 aliphatic carbocycles. The first-order valence-corrected chi connectivity index (χ1v) is 9.12. The zero-order valence-corrected chi connectivity index (χ0v) is 15.2. The quantitative estimate of drug-likeness (QED) is 0.724. The van der Waals surface area contributed by atoms with E-state index in [-0.39, 0.29) is 12.0 Å². The molecule has 3 heterocycles. The predicted octanol–water partition coefficient (Wildman–Crippen LogP) is 2.80. The van der Waals surface area contributed by atoms with E-state index in [9.17, 15) is 4.79 Å². The molecule has 140 valence electrons. The van der Waals surface area contributed by atoms with Crippen molar-refractivity contribution in [3.05, 3.63) is 47.8 Å². The number of nitrogens with one attached hydrogen (secondary N) is 2. The normalized spacial score (nSPS) is 17.0. The van der Waals surface area contributed by atoms with Crippen LogP contribution < -0.4 is 5.32 Å². The lowest BCUT2D eigenvalue weighted by atomic mass is 10.0. The topological polar surface area (TPSA) is 97.7 Å². The third-order valence-electron chi connectivity index (χ3n) is 4.72. The smallest absolute Gasteiger partial charge is 0.256 e. The number of ether oxygens (including phenoxy) is 1. The number of nitrogens with zero attached hydrogens (tertiary/aromatic N) is 4. The Morgan fingerprint density at radius 2 is 2.30 bits per heavy atom. The van der Waals surface area contributed by atoms with Gasteiger partial charge in [0.1, 0.15) is 11.5 Å². The van der Waals surface area contributed by atoms with Crippen molar-refractivity contribution < 1.29 is 9.53 Å². The fourth-order valence-corrected chi connectivity index (χ4v) is 3.28. The van der Waals surface area contributed by atoms with E-state index in [0.29, 0.717) is 11.4 Å². The summed E-state index contributed by atoms with van der Waals surface area (Å²) in [6, 6.07) is 7.25. The summed E-state index contributed by atoms with van der Waals surface area (Å²) in [5.74, 6) is 0.376. The maximum absolute atomic E-state index is 12.3. The molecule has 0 bridgehead atoms. The number of rotatable bonds is 5. The highest BCUT2D eigenvalue weighted by Gasteiger charge is 2.16. The third-order valence-corrected chi connectivity index (χ3v) is 4.72. The van der Waals surface area contributed by atoms with Crippen molar-refractivity contribution in [1.29, 1.82) is 0 Å². The van der Waals surface area contributed by atoms with Crippen molar-refractivity contribution in [1.82, 2.24) is 25.2 Å². The Hall–Kier alpha value is -3.00. The number of carbonyl (C=O) groups excluding carboxylic acids is 1. The summed E-state index contributed by atoms with van der Waals surface area (Å²) in [5, 5.41) is 17.8. The molecule has 8 nitrogen and oxygen atoms in total. The zero-order chi connectivity index (χ0) is 18.6. The van der Waals surface area contributed by atoms with E-state index in [0.717, 1.165) is 42.8 Å². The van der Waals surface area contributed by atoms with E-state index in [1.165, 1.54) is 6.42 Å². The maximum atomic E-state index is 12.3. The summed E-state index contributed by atoms with van der Waals surface area (Å²) in [7, 11) is 0. The van der Waals surface area contributed by atoms with Crippen LogP contribution in [0.5, 0.6) is 0 Å². The number of aromatic amines is 1. The summed E-state index contributed by atoms with van der Waals surface area (Å²) in [4.78, 5) is 12.3. The average Bonchev–Trinajstić information content (AvgIpc) is 3.34. The van der Waals surface area contributed by atoms with Crippen LogP contribution in [-0.2, 0) is 11.3 Å². The largest absolute Gasteiger partial charge is 0.376 e. The molecule has 1 aromatic carbocycles. The van der Waals surface area contributed by atoms with E-state index in [1.54, 1.807) is 18.3 Å².